The Labute approximate surface area is 164 Å². The molecule has 0 unspecified atom stereocenters. The average Bonchev–Trinajstić information content (AvgIpc) is 2.69. The third kappa shape index (κ3) is 6.03. The predicted molar refractivity (Wildman–Crippen MR) is 107 cm³/mol. The Kier molecular flexibility index (Phi) is 7.21. The quantitative estimate of drug-likeness (QED) is 0.737. The van der Waals surface area contributed by atoms with E-state index in [1.54, 1.807) is 0 Å². The van der Waals surface area contributed by atoms with Gasteiger partial charge in [0.05, 0.1) is 5.56 Å². The van der Waals surface area contributed by atoms with E-state index in [2.05, 4.69) is 39.4 Å². The minimum atomic E-state index is -0.550. The summed E-state index contributed by atoms with van der Waals surface area (Å²) in [7, 11) is 0. The van der Waals surface area contributed by atoms with Crippen LogP contribution in [0.25, 0.3) is 0 Å². The van der Waals surface area contributed by atoms with Crippen LogP contribution < -0.4 is 5.32 Å². The van der Waals surface area contributed by atoms with Crippen LogP contribution in [0.2, 0.25) is 5.02 Å². The number of carbonyl (C=O) groups excluding carboxylic acids is 1. The van der Waals surface area contributed by atoms with E-state index in [0.29, 0.717) is 11.6 Å². The van der Waals surface area contributed by atoms with Crippen LogP contribution in [0.15, 0.2) is 48.5 Å². The van der Waals surface area contributed by atoms with Crippen LogP contribution in [0, 0.1) is 5.82 Å². The molecule has 0 aromatic heterocycles. The first-order valence-corrected chi connectivity index (χ1v) is 9.71. The molecule has 1 aliphatic rings. The topological polar surface area (TPSA) is 35.6 Å². The SMILES string of the molecule is O=C(NCCCN1CCN(Cc2ccccc2)CC1)c1cc(Cl)ccc1F. The lowest BCUT2D eigenvalue weighted by Crippen LogP contribution is -2.46. The molecule has 1 fully saturated rings. The fraction of sp³-hybridized carbons (Fsp3) is 0.381. The number of carbonyl (C=O) groups is 1. The lowest BCUT2D eigenvalue weighted by atomic mass is 10.2. The second-order valence-electron chi connectivity index (χ2n) is 6.84. The molecule has 1 aliphatic heterocycles. The van der Waals surface area contributed by atoms with Crippen molar-refractivity contribution in [1.29, 1.82) is 0 Å². The second-order valence-corrected chi connectivity index (χ2v) is 7.27. The summed E-state index contributed by atoms with van der Waals surface area (Å²) in [6.07, 6.45) is 0.840. The zero-order chi connectivity index (χ0) is 19.1. The Hall–Kier alpha value is -1.95. The molecule has 0 spiro atoms. The van der Waals surface area contributed by atoms with Crippen molar-refractivity contribution in [2.75, 3.05) is 39.3 Å². The fourth-order valence-corrected chi connectivity index (χ4v) is 3.46. The van der Waals surface area contributed by atoms with Gasteiger partial charge in [0.1, 0.15) is 5.82 Å². The molecule has 2 aromatic rings. The van der Waals surface area contributed by atoms with Gasteiger partial charge in [-0.15, -0.1) is 0 Å². The first kappa shape index (κ1) is 19.8. The molecule has 0 radical (unpaired) electrons. The number of amides is 1. The van der Waals surface area contributed by atoms with E-state index in [1.165, 1.54) is 23.8 Å². The molecular weight excluding hydrogens is 365 g/mol. The van der Waals surface area contributed by atoms with Gasteiger partial charge in [-0.3, -0.25) is 9.69 Å². The number of rotatable bonds is 7. The largest absolute Gasteiger partial charge is 0.352 e. The molecule has 0 aliphatic carbocycles. The average molecular weight is 390 g/mol. The van der Waals surface area contributed by atoms with Crippen LogP contribution >= 0.6 is 11.6 Å². The van der Waals surface area contributed by atoms with E-state index in [-0.39, 0.29) is 5.56 Å². The summed E-state index contributed by atoms with van der Waals surface area (Å²) in [6.45, 7) is 6.61. The molecule has 4 nitrogen and oxygen atoms in total. The van der Waals surface area contributed by atoms with Crippen molar-refractivity contribution >= 4 is 17.5 Å². The van der Waals surface area contributed by atoms with Crippen molar-refractivity contribution in [3.8, 4) is 0 Å². The number of benzene rings is 2. The standard InChI is InChI=1S/C21H25ClFN3O/c22-18-7-8-20(23)19(15-18)21(27)24-9-4-10-25-11-13-26(14-12-25)16-17-5-2-1-3-6-17/h1-3,5-8,15H,4,9-14,16H2,(H,24,27). The maximum absolute atomic E-state index is 13.7. The molecule has 6 heteroatoms. The third-order valence-corrected chi connectivity index (χ3v) is 5.06. The minimum absolute atomic E-state index is 0.00275. The van der Waals surface area contributed by atoms with E-state index in [1.807, 2.05) is 6.07 Å². The number of halogens is 2. The Morgan fingerprint density at radius 1 is 1.04 bits per heavy atom. The molecule has 144 valence electrons. The highest BCUT2D eigenvalue weighted by Gasteiger charge is 2.17. The summed E-state index contributed by atoms with van der Waals surface area (Å²) in [6, 6.07) is 14.5. The normalized spacial score (nSPS) is 15.6. The van der Waals surface area contributed by atoms with E-state index in [9.17, 15) is 9.18 Å². The molecule has 1 N–H and O–H groups in total. The molecule has 0 atom stereocenters. The number of nitrogens with zero attached hydrogens (tertiary/aromatic N) is 2. The Balaban J connectivity index is 1.33. The Bertz CT molecular complexity index is 748. The van der Waals surface area contributed by atoms with Crippen LogP contribution in [-0.4, -0.2) is 55.0 Å². The fourth-order valence-electron chi connectivity index (χ4n) is 3.28. The van der Waals surface area contributed by atoms with Gasteiger partial charge in [-0.2, -0.15) is 0 Å². The molecule has 3 rings (SSSR count). The molecule has 0 bridgehead atoms. The van der Waals surface area contributed by atoms with Crippen LogP contribution in [0.3, 0.4) is 0 Å². The molecule has 1 heterocycles. The van der Waals surface area contributed by atoms with Gasteiger partial charge in [0, 0.05) is 44.3 Å². The lowest BCUT2D eigenvalue weighted by molar-refractivity contribution is 0.0943. The number of nitrogens with one attached hydrogen (secondary N) is 1. The number of hydrogen-bond donors (Lipinski definition) is 1. The van der Waals surface area contributed by atoms with Crippen molar-refractivity contribution in [2.45, 2.75) is 13.0 Å². The van der Waals surface area contributed by atoms with Crippen LogP contribution in [0.5, 0.6) is 0 Å². The molecule has 1 amide bonds. The van der Waals surface area contributed by atoms with Gasteiger partial charge < -0.3 is 10.2 Å². The highest BCUT2D eigenvalue weighted by molar-refractivity contribution is 6.31. The zero-order valence-corrected chi connectivity index (χ0v) is 16.1. The van der Waals surface area contributed by atoms with Gasteiger partial charge >= 0.3 is 0 Å². The van der Waals surface area contributed by atoms with Gasteiger partial charge in [0.15, 0.2) is 0 Å². The van der Waals surface area contributed by atoms with Gasteiger partial charge in [0.2, 0.25) is 0 Å². The first-order chi connectivity index (χ1) is 13.1. The van der Waals surface area contributed by atoms with Gasteiger partial charge in [-0.1, -0.05) is 41.9 Å². The smallest absolute Gasteiger partial charge is 0.254 e. The number of hydrogen-bond acceptors (Lipinski definition) is 3. The van der Waals surface area contributed by atoms with Crippen LogP contribution in [-0.2, 0) is 6.54 Å². The van der Waals surface area contributed by atoms with E-state index in [0.717, 1.165) is 45.7 Å². The molecule has 1 saturated heterocycles. The van der Waals surface area contributed by atoms with Crippen molar-refractivity contribution in [1.82, 2.24) is 15.1 Å². The highest BCUT2D eigenvalue weighted by Crippen LogP contribution is 2.14. The summed E-state index contributed by atoms with van der Waals surface area (Å²) >= 11 is 5.83. The monoisotopic (exact) mass is 389 g/mol. The minimum Gasteiger partial charge on any atom is -0.352 e. The van der Waals surface area contributed by atoms with Crippen molar-refractivity contribution < 1.29 is 9.18 Å². The van der Waals surface area contributed by atoms with E-state index >= 15 is 0 Å². The van der Waals surface area contributed by atoms with Gasteiger partial charge in [0.25, 0.3) is 5.91 Å². The van der Waals surface area contributed by atoms with E-state index in [4.69, 9.17) is 11.6 Å². The summed E-state index contributed by atoms with van der Waals surface area (Å²) in [5, 5.41) is 3.13. The molecule has 0 saturated carbocycles. The summed E-state index contributed by atoms with van der Waals surface area (Å²) in [5.74, 6) is -0.964. The van der Waals surface area contributed by atoms with Crippen molar-refractivity contribution in [3.63, 3.8) is 0 Å². The highest BCUT2D eigenvalue weighted by atomic mass is 35.5. The Morgan fingerprint density at radius 2 is 1.74 bits per heavy atom. The third-order valence-electron chi connectivity index (χ3n) is 4.82. The number of piperazine rings is 1. The van der Waals surface area contributed by atoms with Gasteiger partial charge in [-0.25, -0.2) is 4.39 Å². The Morgan fingerprint density at radius 3 is 2.48 bits per heavy atom. The lowest BCUT2D eigenvalue weighted by Gasteiger charge is -2.34. The first-order valence-electron chi connectivity index (χ1n) is 9.34. The van der Waals surface area contributed by atoms with E-state index < -0.39 is 11.7 Å². The zero-order valence-electron chi connectivity index (χ0n) is 15.3. The summed E-state index contributed by atoms with van der Waals surface area (Å²) in [4.78, 5) is 16.9. The summed E-state index contributed by atoms with van der Waals surface area (Å²) in [5.41, 5.74) is 1.35. The maximum atomic E-state index is 13.7. The summed E-state index contributed by atoms with van der Waals surface area (Å²) < 4.78 is 13.7. The predicted octanol–water partition coefficient (Wildman–Crippen LogP) is 3.42. The molecular formula is C21H25ClFN3O. The van der Waals surface area contributed by atoms with Crippen molar-refractivity contribution in [2.24, 2.45) is 0 Å². The molecule has 27 heavy (non-hydrogen) atoms. The maximum Gasteiger partial charge on any atom is 0.254 e. The van der Waals surface area contributed by atoms with Crippen molar-refractivity contribution in [3.05, 3.63) is 70.5 Å². The molecule has 2 aromatic carbocycles. The van der Waals surface area contributed by atoms with Gasteiger partial charge in [-0.05, 0) is 36.7 Å². The van der Waals surface area contributed by atoms with Crippen LogP contribution in [0.1, 0.15) is 22.3 Å². The second kappa shape index (κ2) is 9.83. The van der Waals surface area contributed by atoms with Crippen LogP contribution in [0.4, 0.5) is 4.39 Å².